The number of carbonyl (C=O) groups is 1. The molecular weight excluding hydrogens is 326 g/mol. The highest BCUT2D eigenvalue weighted by molar-refractivity contribution is 7.19. The Morgan fingerprint density at radius 3 is 2.39 bits per heavy atom. The number of anilines is 1. The van der Waals surface area contributed by atoms with Gasteiger partial charge in [0.1, 0.15) is 12.1 Å². The third-order valence-corrected chi connectivity index (χ3v) is 3.97. The number of hydrogen-bond acceptors (Lipinski definition) is 7. The van der Waals surface area contributed by atoms with Crippen molar-refractivity contribution in [1.29, 1.82) is 0 Å². The van der Waals surface area contributed by atoms with Crippen molar-refractivity contribution in [2.24, 2.45) is 0 Å². The van der Waals surface area contributed by atoms with Gasteiger partial charge in [-0.2, -0.15) is 0 Å². The number of benzene rings is 1. The van der Waals surface area contributed by atoms with Crippen molar-refractivity contribution in [3.63, 3.8) is 0 Å². The molecule has 1 heterocycles. The molecule has 0 unspecified atom stereocenters. The van der Waals surface area contributed by atoms with Crippen LogP contribution in [0.4, 0.5) is 15.7 Å². The van der Waals surface area contributed by atoms with Crippen LogP contribution in [0.15, 0.2) is 36.4 Å². The van der Waals surface area contributed by atoms with Crippen LogP contribution in [-0.4, -0.2) is 27.0 Å². The number of hydrogen-bond donors (Lipinski definition) is 2. The standard InChI is InChI=1S/C13H11N3O6S/c17-13(18)9(6-8-4-2-1-3-5-8)14-12-10(15(19)20)7-11(23-12)16(21)22/h1-5,7,9,14H,6H2,(H,17,18)/t9-/m0/s1. The van der Waals surface area contributed by atoms with Gasteiger partial charge in [-0.25, -0.2) is 4.79 Å². The Morgan fingerprint density at radius 1 is 1.22 bits per heavy atom. The van der Waals surface area contributed by atoms with Gasteiger partial charge in [-0.05, 0) is 16.9 Å². The van der Waals surface area contributed by atoms with Crippen molar-refractivity contribution in [2.45, 2.75) is 12.5 Å². The van der Waals surface area contributed by atoms with Crippen LogP contribution in [0.1, 0.15) is 5.56 Å². The minimum absolute atomic E-state index is 0.0824. The molecule has 0 amide bonds. The molecule has 10 heteroatoms. The van der Waals surface area contributed by atoms with Crippen molar-refractivity contribution in [2.75, 3.05) is 5.32 Å². The molecule has 2 aromatic rings. The zero-order valence-electron chi connectivity index (χ0n) is 11.5. The van der Waals surface area contributed by atoms with E-state index in [1.54, 1.807) is 30.3 Å². The monoisotopic (exact) mass is 337 g/mol. The Labute approximate surface area is 133 Å². The molecule has 0 spiro atoms. The quantitative estimate of drug-likeness (QED) is 0.585. The van der Waals surface area contributed by atoms with Gasteiger partial charge in [-0.3, -0.25) is 20.2 Å². The maximum atomic E-state index is 11.4. The maximum Gasteiger partial charge on any atom is 0.333 e. The molecule has 0 aliphatic carbocycles. The maximum absolute atomic E-state index is 11.4. The van der Waals surface area contributed by atoms with E-state index in [1.165, 1.54) is 0 Å². The summed E-state index contributed by atoms with van der Waals surface area (Å²) in [6, 6.07) is 8.38. The van der Waals surface area contributed by atoms with Crippen LogP contribution in [0.25, 0.3) is 0 Å². The SMILES string of the molecule is O=C(O)[C@H](Cc1ccccc1)Nc1sc([N+](=O)[O-])cc1[N+](=O)[O-]. The van der Waals surface area contributed by atoms with E-state index in [1.807, 2.05) is 0 Å². The van der Waals surface area contributed by atoms with E-state index in [9.17, 15) is 30.1 Å². The smallest absolute Gasteiger partial charge is 0.333 e. The van der Waals surface area contributed by atoms with Crippen LogP contribution in [0.3, 0.4) is 0 Å². The van der Waals surface area contributed by atoms with E-state index in [0.717, 1.165) is 11.6 Å². The molecular formula is C13H11N3O6S. The Kier molecular flexibility index (Phi) is 4.86. The van der Waals surface area contributed by atoms with Gasteiger partial charge < -0.3 is 10.4 Å². The molecule has 2 rings (SSSR count). The summed E-state index contributed by atoms with van der Waals surface area (Å²) < 4.78 is 0. The Hall–Kier alpha value is -3.01. The van der Waals surface area contributed by atoms with Crippen LogP contribution in [0, 0.1) is 20.2 Å². The second-order valence-electron chi connectivity index (χ2n) is 4.54. The molecule has 2 N–H and O–H groups in total. The minimum atomic E-state index is -1.21. The summed E-state index contributed by atoms with van der Waals surface area (Å²) in [5.41, 5.74) is 0.210. The fourth-order valence-corrected chi connectivity index (χ4v) is 2.80. The first-order chi connectivity index (χ1) is 10.9. The molecule has 0 bridgehead atoms. The minimum Gasteiger partial charge on any atom is -0.480 e. The Morgan fingerprint density at radius 2 is 1.87 bits per heavy atom. The first kappa shape index (κ1) is 16.4. The van der Waals surface area contributed by atoms with Crippen molar-refractivity contribution in [3.05, 3.63) is 62.2 Å². The van der Waals surface area contributed by atoms with Gasteiger partial charge in [0, 0.05) is 6.42 Å². The molecule has 1 atom stereocenters. The summed E-state index contributed by atoms with van der Waals surface area (Å²) in [5.74, 6) is -1.21. The van der Waals surface area contributed by atoms with Crippen LogP contribution >= 0.6 is 11.3 Å². The lowest BCUT2D eigenvalue weighted by atomic mass is 10.1. The van der Waals surface area contributed by atoms with Crippen molar-refractivity contribution in [1.82, 2.24) is 0 Å². The number of nitro groups is 2. The molecule has 1 aromatic heterocycles. The zero-order chi connectivity index (χ0) is 17.0. The lowest BCUT2D eigenvalue weighted by Crippen LogP contribution is -2.31. The predicted octanol–water partition coefficient (Wildman–Crippen LogP) is 2.67. The predicted molar refractivity (Wildman–Crippen MR) is 82.8 cm³/mol. The topological polar surface area (TPSA) is 136 Å². The fourth-order valence-electron chi connectivity index (χ4n) is 1.91. The van der Waals surface area contributed by atoms with E-state index in [2.05, 4.69) is 5.32 Å². The number of carboxylic acids is 1. The highest BCUT2D eigenvalue weighted by Gasteiger charge is 2.28. The number of aliphatic carboxylic acids is 1. The second-order valence-corrected chi connectivity index (χ2v) is 5.57. The van der Waals surface area contributed by atoms with Crippen LogP contribution in [0.2, 0.25) is 0 Å². The van der Waals surface area contributed by atoms with Gasteiger partial charge in [-0.1, -0.05) is 30.3 Å². The first-order valence-corrected chi connectivity index (χ1v) is 7.16. The summed E-state index contributed by atoms with van der Waals surface area (Å²) in [5, 5.41) is 32.9. The van der Waals surface area contributed by atoms with Gasteiger partial charge in [0.15, 0.2) is 5.00 Å². The van der Waals surface area contributed by atoms with Crippen LogP contribution < -0.4 is 5.32 Å². The Balaban J connectivity index is 2.28. The molecule has 23 heavy (non-hydrogen) atoms. The fraction of sp³-hybridized carbons (Fsp3) is 0.154. The lowest BCUT2D eigenvalue weighted by Gasteiger charge is -2.14. The summed E-state index contributed by atoms with van der Waals surface area (Å²) in [7, 11) is 0. The van der Waals surface area contributed by atoms with Gasteiger partial charge in [-0.15, -0.1) is 0 Å². The number of nitrogens with zero attached hydrogens (tertiary/aromatic N) is 2. The second kappa shape index (κ2) is 6.83. The number of thiophene rings is 1. The third kappa shape index (κ3) is 4.01. The van der Waals surface area contributed by atoms with Crippen molar-refractivity contribution < 1.29 is 19.7 Å². The molecule has 0 saturated heterocycles. The molecule has 0 fully saturated rings. The van der Waals surface area contributed by atoms with Crippen molar-refractivity contribution in [3.8, 4) is 0 Å². The summed E-state index contributed by atoms with van der Waals surface area (Å²) in [6.45, 7) is 0. The molecule has 120 valence electrons. The highest BCUT2D eigenvalue weighted by Crippen LogP contribution is 2.39. The largest absolute Gasteiger partial charge is 0.480 e. The van der Waals surface area contributed by atoms with Gasteiger partial charge in [0.2, 0.25) is 0 Å². The molecule has 0 saturated carbocycles. The summed E-state index contributed by atoms with van der Waals surface area (Å²) >= 11 is 0.537. The molecule has 0 aliphatic heterocycles. The van der Waals surface area contributed by atoms with E-state index < -0.39 is 32.5 Å². The number of carboxylic acid groups (broad SMARTS) is 1. The number of rotatable bonds is 7. The molecule has 1 aromatic carbocycles. The van der Waals surface area contributed by atoms with E-state index in [4.69, 9.17) is 0 Å². The van der Waals surface area contributed by atoms with Gasteiger partial charge in [0.25, 0.3) is 0 Å². The average Bonchev–Trinajstić information content (AvgIpc) is 2.92. The third-order valence-electron chi connectivity index (χ3n) is 2.96. The summed E-state index contributed by atoms with van der Waals surface area (Å²) in [6.07, 6.45) is 0.0824. The van der Waals surface area contributed by atoms with E-state index >= 15 is 0 Å². The van der Waals surface area contributed by atoms with Crippen LogP contribution in [-0.2, 0) is 11.2 Å². The van der Waals surface area contributed by atoms with E-state index in [0.29, 0.717) is 11.3 Å². The highest BCUT2D eigenvalue weighted by atomic mass is 32.1. The zero-order valence-corrected chi connectivity index (χ0v) is 12.4. The summed E-state index contributed by atoms with van der Waals surface area (Å²) in [4.78, 5) is 31.5. The molecule has 0 radical (unpaired) electrons. The van der Waals surface area contributed by atoms with E-state index in [-0.39, 0.29) is 11.4 Å². The lowest BCUT2D eigenvalue weighted by molar-refractivity contribution is -0.389. The van der Waals surface area contributed by atoms with Gasteiger partial charge in [0.05, 0.1) is 9.85 Å². The van der Waals surface area contributed by atoms with Crippen LogP contribution in [0.5, 0.6) is 0 Å². The first-order valence-electron chi connectivity index (χ1n) is 6.34. The average molecular weight is 337 g/mol. The normalized spacial score (nSPS) is 11.7. The van der Waals surface area contributed by atoms with Crippen molar-refractivity contribution >= 4 is 33.0 Å². The number of nitrogens with one attached hydrogen (secondary N) is 1. The Bertz CT molecular complexity index is 745. The molecule has 0 aliphatic rings. The van der Waals surface area contributed by atoms with Gasteiger partial charge >= 0.3 is 16.7 Å². The molecule has 9 nitrogen and oxygen atoms in total.